The lowest BCUT2D eigenvalue weighted by molar-refractivity contribution is 0.112. The molecule has 1 rings (SSSR count). The van der Waals surface area contributed by atoms with Gasteiger partial charge in [-0.15, -0.1) is 0 Å². The summed E-state index contributed by atoms with van der Waals surface area (Å²) in [5.41, 5.74) is 0.986. The van der Waals surface area contributed by atoms with Gasteiger partial charge in [-0.3, -0.25) is 4.79 Å². The van der Waals surface area contributed by atoms with Gasteiger partial charge in [0.1, 0.15) is 11.5 Å². The van der Waals surface area contributed by atoms with Gasteiger partial charge in [-0.1, -0.05) is 20.8 Å². The van der Waals surface area contributed by atoms with Crippen molar-refractivity contribution in [2.75, 3.05) is 13.7 Å². The maximum absolute atomic E-state index is 11.0. The van der Waals surface area contributed by atoms with E-state index in [1.54, 1.807) is 13.2 Å². The topological polar surface area (TPSA) is 55.8 Å². The zero-order chi connectivity index (χ0) is 17.0. The van der Waals surface area contributed by atoms with Crippen LogP contribution in [0.1, 0.15) is 43.1 Å². The average molecular weight is 324 g/mol. The van der Waals surface area contributed by atoms with Crippen LogP contribution in [-0.2, 0) is 10.8 Å². The predicted molar refractivity (Wildman–Crippen MR) is 91.5 cm³/mol. The van der Waals surface area contributed by atoms with Gasteiger partial charge in [0.05, 0.1) is 12.7 Å². The summed E-state index contributed by atoms with van der Waals surface area (Å²) in [6, 6.07) is 3.31. The molecule has 0 spiro atoms. The van der Waals surface area contributed by atoms with E-state index >= 15 is 0 Å². The third-order valence-corrected chi connectivity index (χ3v) is 8.95. The first-order valence-corrected chi connectivity index (χ1v) is 10.5. The van der Waals surface area contributed by atoms with E-state index in [0.717, 1.165) is 12.0 Å². The molecule has 0 bridgehead atoms. The molecule has 0 aliphatic rings. The number of aryl methyl sites for hydroxylation is 1. The van der Waals surface area contributed by atoms with Gasteiger partial charge in [0.2, 0.25) is 0 Å². The van der Waals surface area contributed by atoms with E-state index in [1.165, 1.54) is 6.07 Å². The minimum absolute atomic E-state index is 0.0446. The summed E-state index contributed by atoms with van der Waals surface area (Å²) in [6.45, 7) is 11.7. The number of phenols is 1. The van der Waals surface area contributed by atoms with Crippen LogP contribution < -0.4 is 4.74 Å². The molecule has 0 aromatic heterocycles. The van der Waals surface area contributed by atoms with E-state index < -0.39 is 8.32 Å². The maximum Gasteiger partial charge on any atom is 0.191 e. The molecule has 0 atom stereocenters. The number of benzene rings is 1. The molecule has 1 N–H and O–H groups in total. The highest BCUT2D eigenvalue weighted by Gasteiger charge is 2.36. The smallest absolute Gasteiger partial charge is 0.191 e. The Morgan fingerprint density at radius 1 is 1.27 bits per heavy atom. The van der Waals surface area contributed by atoms with Crippen molar-refractivity contribution in [3.8, 4) is 11.5 Å². The van der Waals surface area contributed by atoms with Crippen molar-refractivity contribution >= 4 is 14.6 Å². The molecule has 124 valence electrons. The summed E-state index contributed by atoms with van der Waals surface area (Å²) in [7, 11) is -0.189. The van der Waals surface area contributed by atoms with Crippen molar-refractivity contribution in [1.82, 2.24) is 0 Å². The normalized spacial score (nSPS) is 12.3. The van der Waals surface area contributed by atoms with Crippen LogP contribution in [0.4, 0.5) is 0 Å². The first-order chi connectivity index (χ1) is 10.1. The van der Waals surface area contributed by atoms with Gasteiger partial charge >= 0.3 is 0 Å². The Hall–Kier alpha value is -1.33. The Balaban J connectivity index is 2.68. The lowest BCUT2D eigenvalue weighted by Crippen LogP contribution is -2.41. The Morgan fingerprint density at radius 3 is 2.41 bits per heavy atom. The van der Waals surface area contributed by atoms with Gasteiger partial charge in [-0.25, -0.2) is 0 Å². The number of hydrogen-bond acceptors (Lipinski definition) is 4. The van der Waals surface area contributed by atoms with Crippen LogP contribution in [0, 0.1) is 0 Å². The molecule has 0 radical (unpaired) electrons. The molecule has 22 heavy (non-hydrogen) atoms. The van der Waals surface area contributed by atoms with Crippen molar-refractivity contribution in [2.45, 2.75) is 51.7 Å². The summed E-state index contributed by atoms with van der Waals surface area (Å²) in [5.74, 6) is 0.628. The third kappa shape index (κ3) is 4.58. The van der Waals surface area contributed by atoms with E-state index in [-0.39, 0.29) is 16.4 Å². The number of aldehydes is 1. The van der Waals surface area contributed by atoms with E-state index in [4.69, 9.17) is 9.16 Å². The van der Waals surface area contributed by atoms with Gasteiger partial charge in [-0.2, -0.15) is 0 Å². The highest BCUT2D eigenvalue weighted by molar-refractivity contribution is 6.74. The Kier molecular flexibility index (Phi) is 6.20. The molecule has 0 saturated carbocycles. The number of rotatable bonds is 7. The number of ether oxygens (including phenoxy) is 1. The second-order valence-corrected chi connectivity index (χ2v) is 11.9. The van der Waals surface area contributed by atoms with E-state index in [0.29, 0.717) is 25.1 Å². The molecular formula is C17H28O4Si. The lowest BCUT2D eigenvalue weighted by Gasteiger charge is -2.36. The highest BCUT2D eigenvalue weighted by atomic mass is 28.4. The van der Waals surface area contributed by atoms with Crippen molar-refractivity contribution in [2.24, 2.45) is 0 Å². The van der Waals surface area contributed by atoms with Crippen LogP contribution in [0.25, 0.3) is 0 Å². The molecule has 0 heterocycles. The molecule has 1 aromatic carbocycles. The van der Waals surface area contributed by atoms with Gasteiger partial charge < -0.3 is 14.3 Å². The monoisotopic (exact) mass is 324 g/mol. The average Bonchev–Trinajstić information content (AvgIpc) is 2.43. The molecule has 0 aliphatic heterocycles. The van der Waals surface area contributed by atoms with Crippen LogP contribution >= 0.6 is 0 Å². The van der Waals surface area contributed by atoms with Crippen LogP contribution in [-0.4, -0.2) is 33.4 Å². The maximum atomic E-state index is 11.0. The molecule has 0 unspecified atom stereocenters. The summed E-state index contributed by atoms with van der Waals surface area (Å²) >= 11 is 0. The molecule has 0 fully saturated rings. The van der Waals surface area contributed by atoms with Gasteiger partial charge in [0.25, 0.3) is 0 Å². The molecule has 4 nitrogen and oxygen atoms in total. The van der Waals surface area contributed by atoms with Crippen molar-refractivity contribution in [3.05, 3.63) is 23.3 Å². The lowest BCUT2D eigenvalue weighted by atomic mass is 10.0. The van der Waals surface area contributed by atoms with Crippen LogP contribution in [0.3, 0.4) is 0 Å². The Labute approximate surface area is 134 Å². The third-order valence-electron chi connectivity index (χ3n) is 4.41. The summed E-state index contributed by atoms with van der Waals surface area (Å²) < 4.78 is 11.3. The summed E-state index contributed by atoms with van der Waals surface area (Å²) in [4.78, 5) is 11.0. The van der Waals surface area contributed by atoms with E-state index in [9.17, 15) is 9.90 Å². The quantitative estimate of drug-likeness (QED) is 0.465. The van der Waals surface area contributed by atoms with E-state index in [2.05, 4.69) is 33.9 Å². The number of carbonyl (C=O) groups is 1. The van der Waals surface area contributed by atoms with Gasteiger partial charge in [-0.05, 0) is 48.7 Å². The molecular weight excluding hydrogens is 296 g/mol. The number of aromatic hydroxyl groups is 1. The van der Waals surface area contributed by atoms with Crippen molar-refractivity contribution in [1.29, 1.82) is 0 Å². The predicted octanol–water partition coefficient (Wildman–Crippen LogP) is 4.17. The fourth-order valence-corrected chi connectivity index (χ4v) is 2.98. The molecule has 1 aromatic rings. The molecule has 0 aliphatic carbocycles. The van der Waals surface area contributed by atoms with Crippen LogP contribution in [0.15, 0.2) is 12.1 Å². The van der Waals surface area contributed by atoms with Crippen LogP contribution in [0.5, 0.6) is 11.5 Å². The molecule has 5 heteroatoms. The SMILES string of the molecule is COc1cc(C=O)c(O)c(CCCO[Si](C)(C)C(C)(C)C)c1. The van der Waals surface area contributed by atoms with Gasteiger partial charge in [0.15, 0.2) is 14.6 Å². The van der Waals surface area contributed by atoms with Gasteiger partial charge in [0, 0.05) is 6.61 Å². The Bertz CT molecular complexity index is 518. The molecule has 0 amide bonds. The van der Waals surface area contributed by atoms with Crippen LogP contribution in [0.2, 0.25) is 18.1 Å². The second-order valence-electron chi connectivity index (χ2n) is 7.05. The van der Waals surface area contributed by atoms with Crippen molar-refractivity contribution < 1.29 is 19.1 Å². The zero-order valence-corrected chi connectivity index (χ0v) is 15.5. The fourth-order valence-electron chi connectivity index (χ4n) is 1.89. The first kappa shape index (κ1) is 18.7. The fraction of sp³-hybridized carbons (Fsp3) is 0.588. The second kappa shape index (κ2) is 7.29. The Morgan fingerprint density at radius 2 is 1.91 bits per heavy atom. The van der Waals surface area contributed by atoms with E-state index in [1.807, 2.05) is 0 Å². The minimum Gasteiger partial charge on any atom is -0.507 e. The zero-order valence-electron chi connectivity index (χ0n) is 14.5. The molecule has 0 saturated heterocycles. The highest BCUT2D eigenvalue weighted by Crippen LogP contribution is 2.36. The number of methoxy groups -OCH3 is 1. The number of phenolic OH excluding ortho intramolecular Hbond substituents is 1. The standard InChI is InChI=1S/C17H28O4Si/c1-17(2,3)22(5,6)21-9-7-8-13-10-15(20-4)11-14(12-18)16(13)19/h10-12,19H,7-9H2,1-6H3. The number of hydrogen-bond donors (Lipinski definition) is 1. The summed E-state index contributed by atoms with van der Waals surface area (Å²) in [5, 5.41) is 10.3. The minimum atomic E-state index is -1.74. The number of carbonyl (C=O) groups excluding carboxylic acids is 1. The van der Waals surface area contributed by atoms with Crippen molar-refractivity contribution in [3.63, 3.8) is 0 Å². The first-order valence-electron chi connectivity index (χ1n) is 7.61. The largest absolute Gasteiger partial charge is 0.507 e. The summed E-state index contributed by atoms with van der Waals surface area (Å²) in [6.07, 6.45) is 2.09.